The second-order valence-corrected chi connectivity index (χ2v) is 6.07. The van der Waals surface area contributed by atoms with Gasteiger partial charge in [0.05, 0.1) is 12.2 Å². The third kappa shape index (κ3) is 3.25. The lowest BCUT2D eigenvalue weighted by Gasteiger charge is -2.10. The van der Waals surface area contributed by atoms with Crippen molar-refractivity contribution in [3.05, 3.63) is 70.4 Å². The first-order valence-corrected chi connectivity index (χ1v) is 7.91. The Morgan fingerprint density at radius 2 is 1.83 bits per heavy atom. The molecule has 2 aromatic heterocycles. The van der Waals surface area contributed by atoms with Crippen LogP contribution in [0.4, 0.5) is 5.69 Å². The molecule has 2 heterocycles. The SMILES string of the molecule is Cc1cc(C)n(Cc2ccc(C(=O)Nc3c(C)cccc3C)o2)n1. The Bertz CT molecular complexity index is 870. The Morgan fingerprint density at radius 1 is 1.12 bits per heavy atom. The molecule has 1 amide bonds. The molecule has 1 aromatic carbocycles. The highest BCUT2D eigenvalue weighted by molar-refractivity contribution is 6.03. The van der Waals surface area contributed by atoms with Crippen molar-refractivity contribution in [2.45, 2.75) is 34.2 Å². The van der Waals surface area contributed by atoms with Gasteiger partial charge in [0.15, 0.2) is 5.76 Å². The molecule has 0 bridgehead atoms. The van der Waals surface area contributed by atoms with Crippen molar-refractivity contribution in [3.8, 4) is 0 Å². The van der Waals surface area contributed by atoms with Crippen LogP contribution in [-0.4, -0.2) is 15.7 Å². The highest BCUT2D eigenvalue weighted by Crippen LogP contribution is 2.21. The molecule has 0 saturated carbocycles. The zero-order valence-electron chi connectivity index (χ0n) is 14.4. The van der Waals surface area contributed by atoms with Crippen LogP contribution in [0.15, 0.2) is 40.8 Å². The quantitative estimate of drug-likeness (QED) is 0.789. The average Bonchev–Trinajstić information content (AvgIpc) is 3.10. The lowest BCUT2D eigenvalue weighted by Crippen LogP contribution is -2.13. The molecule has 0 unspecified atom stereocenters. The predicted octanol–water partition coefficient (Wildman–Crippen LogP) is 4.01. The summed E-state index contributed by atoms with van der Waals surface area (Å²) in [6.45, 7) is 8.40. The maximum absolute atomic E-state index is 12.4. The number of carbonyl (C=O) groups is 1. The molecule has 0 saturated heterocycles. The van der Waals surface area contributed by atoms with E-state index in [1.54, 1.807) is 6.07 Å². The molecule has 0 spiro atoms. The number of benzene rings is 1. The summed E-state index contributed by atoms with van der Waals surface area (Å²) in [4.78, 5) is 12.4. The number of amides is 1. The summed E-state index contributed by atoms with van der Waals surface area (Å²) in [7, 11) is 0. The second-order valence-electron chi connectivity index (χ2n) is 6.07. The standard InChI is InChI=1S/C19H21N3O2/c1-12-6-5-7-13(2)18(12)20-19(23)17-9-8-16(24-17)11-22-15(4)10-14(3)21-22/h5-10H,11H2,1-4H3,(H,20,23). The summed E-state index contributed by atoms with van der Waals surface area (Å²) in [6, 6.07) is 11.4. The largest absolute Gasteiger partial charge is 0.454 e. The summed E-state index contributed by atoms with van der Waals surface area (Å²) in [6.07, 6.45) is 0. The number of anilines is 1. The van der Waals surface area contributed by atoms with E-state index in [0.29, 0.717) is 18.1 Å². The Morgan fingerprint density at radius 3 is 2.46 bits per heavy atom. The van der Waals surface area contributed by atoms with Gasteiger partial charge in [-0.25, -0.2) is 0 Å². The van der Waals surface area contributed by atoms with E-state index < -0.39 is 0 Å². The van der Waals surface area contributed by atoms with Crippen LogP contribution in [0.2, 0.25) is 0 Å². The van der Waals surface area contributed by atoms with Crippen LogP contribution in [-0.2, 0) is 6.54 Å². The van der Waals surface area contributed by atoms with Gasteiger partial charge in [0.1, 0.15) is 5.76 Å². The molecule has 0 aliphatic carbocycles. The molecule has 0 fully saturated rings. The van der Waals surface area contributed by atoms with Gasteiger partial charge in [-0.3, -0.25) is 9.48 Å². The van der Waals surface area contributed by atoms with Crippen molar-refractivity contribution in [2.75, 3.05) is 5.32 Å². The molecule has 24 heavy (non-hydrogen) atoms. The van der Waals surface area contributed by atoms with E-state index >= 15 is 0 Å². The number of aromatic nitrogens is 2. The summed E-state index contributed by atoms with van der Waals surface area (Å²) in [5, 5.41) is 7.34. The number of nitrogens with one attached hydrogen (secondary N) is 1. The fourth-order valence-corrected chi connectivity index (χ4v) is 2.75. The summed E-state index contributed by atoms with van der Waals surface area (Å²) >= 11 is 0. The Kier molecular flexibility index (Phi) is 4.25. The normalized spacial score (nSPS) is 10.8. The van der Waals surface area contributed by atoms with Crippen LogP contribution < -0.4 is 5.32 Å². The molecular formula is C19H21N3O2. The van der Waals surface area contributed by atoms with Crippen LogP contribution in [0.5, 0.6) is 0 Å². The zero-order chi connectivity index (χ0) is 17.3. The minimum atomic E-state index is -0.244. The first-order valence-electron chi connectivity index (χ1n) is 7.91. The number of nitrogens with zero attached hydrogens (tertiary/aromatic N) is 2. The van der Waals surface area contributed by atoms with Gasteiger partial charge in [-0.15, -0.1) is 0 Å². The fourth-order valence-electron chi connectivity index (χ4n) is 2.75. The minimum Gasteiger partial charge on any atom is -0.454 e. The van der Waals surface area contributed by atoms with Gasteiger partial charge in [0.2, 0.25) is 0 Å². The molecule has 0 atom stereocenters. The van der Waals surface area contributed by atoms with Crippen LogP contribution in [0.3, 0.4) is 0 Å². The van der Waals surface area contributed by atoms with Crippen molar-refractivity contribution in [2.24, 2.45) is 0 Å². The molecule has 5 nitrogen and oxygen atoms in total. The van der Waals surface area contributed by atoms with Crippen LogP contribution in [0.1, 0.15) is 38.8 Å². The van der Waals surface area contributed by atoms with E-state index in [1.165, 1.54) is 0 Å². The molecule has 3 rings (SSSR count). The monoisotopic (exact) mass is 323 g/mol. The number of hydrogen-bond acceptors (Lipinski definition) is 3. The smallest absolute Gasteiger partial charge is 0.291 e. The first kappa shape index (κ1) is 16.1. The molecule has 0 aliphatic rings. The van der Waals surface area contributed by atoms with Crippen molar-refractivity contribution in [1.82, 2.24) is 9.78 Å². The van der Waals surface area contributed by atoms with Gasteiger partial charge in [0, 0.05) is 11.4 Å². The minimum absolute atomic E-state index is 0.244. The number of rotatable bonds is 4. The van der Waals surface area contributed by atoms with Gasteiger partial charge in [-0.2, -0.15) is 5.10 Å². The van der Waals surface area contributed by atoms with Gasteiger partial charge in [0.25, 0.3) is 5.91 Å². The van der Waals surface area contributed by atoms with E-state index in [2.05, 4.69) is 10.4 Å². The van der Waals surface area contributed by atoms with Gasteiger partial charge < -0.3 is 9.73 Å². The number of para-hydroxylation sites is 1. The lowest BCUT2D eigenvalue weighted by atomic mass is 10.1. The second kappa shape index (κ2) is 6.35. The summed E-state index contributed by atoms with van der Waals surface area (Å²) in [5.74, 6) is 0.758. The van der Waals surface area contributed by atoms with E-state index in [1.807, 2.05) is 62.7 Å². The van der Waals surface area contributed by atoms with Gasteiger partial charge in [-0.1, -0.05) is 18.2 Å². The number of carbonyl (C=O) groups excluding carboxylic acids is 1. The molecular weight excluding hydrogens is 302 g/mol. The van der Waals surface area contributed by atoms with E-state index in [-0.39, 0.29) is 5.91 Å². The van der Waals surface area contributed by atoms with Crippen LogP contribution in [0, 0.1) is 27.7 Å². The average molecular weight is 323 g/mol. The maximum atomic E-state index is 12.4. The van der Waals surface area contributed by atoms with E-state index in [4.69, 9.17) is 4.42 Å². The topological polar surface area (TPSA) is 60.1 Å². The Balaban J connectivity index is 1.75. The van der Waals surface area contributed by atoms with E-state index in [0.717, 1.165) is 28.2 Å². The highest BCUT2D eigenvalue weighted by atomic mass is 16.4. The zero-order valence-corrected chi connectivity index (χ0v) is 14.4. The summed E-state index contributed by atoms with van der Waals surface area (Å²) in [5.41, 5.74) is 4.91. The lowest BCUT2D eigenvalue weighted by molar-refractivity contribution is 0.0994. The molecule has 0 radical (unpaired) electrons. The van der Waals surface area contributed by atoms with Crippen LogP contribution in [0.25, 0.3) is 0 Å². The molecule has 1 N–H and O–H groups in total. The van der Waals surface area contributed by atoms with Crippen LogP contribution >= 0.6 is 0 Å². The Labute approximate surface area is 141 Å². The summed E-state index contributed by atoms with van der Waals surface area (Å²) < 4.78 is 7.56. The third-order valence-electron chi connectivity index (χ3n) is 4.01. The van der Waals surface area contributed by atoms with Crippen molar-refractivity contribution < 1.29 is 9.21 Å². The van der Waals surface area contributed by atoms with Gasteiger partial charge >= 0.3 is 0 Å². The fraction of sp³-hybridized carbons (Fsp3) is 0.263. The van der Waals surface area contributed by atoms with Crippen molar-refractivity contribution in [1.29, 1.82) is 0 Å². The third-order valence-corrected chi connectivity index (χ3v) is 4.01. The molecule has 5 heteroatoms. The van der Waals surface area contributed by atoms with Gasteiger partial charge in [-0.05, 0) is 57.0 Å². The first-order chi connectivity index (χ1) is 11.4. The highest BCUT2D eigenvalue weighted by Gasteiger charge is 2.14. The maximum Gasteiger partial charge on any atom is 0.291 e. The molecule has 124 valence electrons. The van der Waals surface area contributed by atoms with Crippen molar-refractivity contribution >= 4 is 11.6 Å². The predicted molar refractivity (Wildman–Crippen MR) is 93.4 cm³/mol. The van der Waals surface area contributed by atoms with E-state index in [9.17, 15) is 4.79 Å². The van der Waals surface area contributed by atoms with Crippen molar-refractivity contribution in [3.63, 3.8) is 0 Å². The number of hydrogen-bond donors (Lipinski definition) is 1. The molecule has 0 aliphatic heterocycles. The molecule has 3 aromatic rings. The number of furan rings is 1. The number of aryl methyl sites for hydroxylation is 4. The Hall–Kier alpha value is -2.82.